The number of rotatable bonds is 6. The lowest BCUT2D eigenvalue weighted by Gasteiger charge is -2.33. The third-order valence-electron chi connectivity index (χ3n) is 4.28. The number of hydrogen-bond acceptors (Lipinski definition) is 2. The topological polar surface area (TPSA) is 49.3 Å². The first-order valence-corrected chi connectivity index (χ1v) is 7.63. The highest BCUT2D eigenvalue weighted by Crippen LogP contribution is 2.41. The molecule has 1 amide bonds. The molecule has 0 saturated heterocycles. The third kappa shape index (κ3) is 5.85. The minimum absolute atomic E-state index is 0.0511. The molecule has 0 radical (unpaired) electrons. The normalized spacial score (nSPS) is 23.9. The van der Waals surface area contributed by atoms with E-state index in [0.29, 0.717) is 32.2 Å². The van der Waals surface area contributed by atoms with Crippen LogP contribution in [0, 0.1) is 17.3 Å². The van der Waals surface area contributed by atoms with E-state index < -0.39 is 23.9 Å². The highest BCUT2D eigenvalue weighted by Gasteiger charge is 2.48. The molecule has 0 heterocycles. The predicted molar refractivity (Wildman–Crippen MR) is 74.6 cm³/mol. The number of aliphatic hydroxyl groups excluding tert-OH is 1. The molecule has 1 fully saturated rings. The molecule has 3 nitrogen and oxygen atoms in total. The van der Waals surface area contributed by atoms with E-state index in [1.807, 2.05) is 13.8 Å². The molecule has 0 aromatic rings. The van der Waals surface area contributed by atoms with Gasteiger partial charge in [0.05, 0.1) is 5.92 Å². The highest BCUT2D eigenvalue weighted by molar-refractivity contribution is 5.79. The second-order valence-electron chi connectivity index (χ2n) is 6.75. The molecule has 0 aromatic carbocycles. The van der Waals surface area contributed by atoms with Crippen LogP contribution in [0.5, 0.6) is 0 Å². The first-order chi connectivity index (χ1) is 9.67. The van der Waals surface area contributed by atoms with E-state index >= 15 is 0 Å². The summed E-state index contributed by atoms with van der Waals surface area (Å²) in [5.74, 6) is -2.94. The van der Waals surface area contributed by atoms with E-state index in [-0.39, 0.29) is 18.4 Å². The first-order valence-electron chi connectivity index (χ1n) is 7.63. The molecule has 1 aliphatic rings. The molecule has 1 saturated carbocycles. The molecule has 1 rings (SSSR count). The number of alkyl halides is 3. The second kappa shape index (κ2) is 7.47. The summed E-state index contributed by atoms with van der Waals surface area (Å²) in [6.07, 6.45) is -1.37. The summed E-state index contributed by atoms with van der Waals surface area (Å²) in [5, 5.41) is 11.5. The Labute approximate surface area is 124 Å². The van der Waals surface area contributed by atoms with Crippen LogP contribution in [0.4, 0.5) is 13.2 Å². The first kappa shape index (κ1) is 18.3. The van der Waals surface area contributed by atoms with Gasteiger partial charge < -0.3 is 10.4 Å². The number of hydrogen-bond donors (Lipinski definition) is 2. The van der Waals surface area contributed by atoms with Crippen LogP contribution in [0.25, 0.3) is 0 Å². The summed E-state index contributed by atoms with van der Waals surface area (Å²) < 4.78 is 39.0. The number of carbonyl (C=O) groups excluding carboxylic acids is 1. The molecular weight excluding hydrogens is 283 g/mol. The van der Waals surface area contributed by atoms with E-state index in [0.717, 1.165) is 6.42 Å². The summed E-state index contributed by atoms with van der Waals surface area (Å²) in [4.78, 5) is 12.1. The van der Waals surface area contributed by atoms with Crippen LogP contribution in [0.2, 0.25) is 0 Å². The zero-order chi connectivity index (χ0) is 16.1. The molecule has 0 bridgehead atoms. The van der Waals surface area contributed by atoms with Crippen LogP contribution in [0.15, 0.2) is 0 Å². The van der Waals surface area contributed by atoms with E-state index in [9.17, 15) is 18.0 Å². The molecule has 2 N–H and O–H groups in total. The molecule has 1 aliphatic carbocycles. The van der Waals surface area contributed by atoms with Gasteiger partial charge in [-0.1, -0.05) is 26.7 Å². The van der Waals surface area contributed by atoms with Crippen LogP contribution in [0.3, 0.4) is 0 Å². The van der Waals surface area contributed by atoms with Crippen molar-refractivity contribution in [1.82, 2.24) is 5.32 Å². The van der Waals surface area contributed by atoms with E-state index in [4.69, 9.17) is 5.11 Å². The van der Waals surface area contributed by atoms with Gasteiger partial charge in [0.25, 0.3) is 0 Å². The molecule has 21 heavy (non-hydrogen) atoms. The molecule has 124 valence electrons. The fraction of sp³-hybridized carbons (Fsp3) is 0.933. The maximum absolute atomic E-state index is 13.0. The van der Waals surface area contributed by atoms with Crippen molar-refractivity contribution in [1.29, 1.82) is 0 Å². The average molecular weight is 309 g/mol. The Hall–Kier alpha value is -0.780. The quantitative estimate of drug-likeness (QED) is 0.791. The van der Waals surface area contributed by atoms with Gasteiger partial charge in [0.2, 0.25) is 5.91 Å². The predicted octanol–water partition coefficient (Wildman–Crippen LogP) is 3.27. The zero-order valence-electron chi connectivity index (χ0n) is 12.8. The Bertz CT molecular complexity index is 342. The average Bonchev–Trinajstić information content (AvgIpc) is 2.42. The molecule has 0 aliphatic heterocycles. The smallest absolute Gasteiger partial charge is 0.392 e. The van der Waals surface area contributed by atoms with E-state index in [1.54, 1.807) is 0 Å². The zero-order valence-corrected chi connectivity index (χ0v) is 12.8. The number of halogens is 3. The Balaban J connectivity index is 2.56. The SMILES string of the molecule is CC(C)(CCCO)CNC(=O)C1CCCCC1C(F)(F)F. The van der Waals surface area contributed by atoms with Gasteiger partial charge in [-0.2, -0.15) is 13.2 Å². The van der Waals surface area contributed by atoms with Gasteiger partial charge in [-0.15, -0.1) is 0 Å². The molecule has 0 spiro atoms. The highest BCUT2D eigenvalue weighted by atomic mass is 19.4. The summed E-state index contributed by atoms with van der Waals surface area (Å²) in [6.45, 7) is 4.29. The van der Waals surface area contributed by atoms with Gasteiger partial charge in [-0.25, -0.2) is 0 Å². The molecular formula is C15H26F3NO2. The van der Waals surface area contributed by atoms with Crippen molar-refractivity contribution in [2.45, 2.75) is 58.5 Å². The van der Waals surface area contributed by atoms with Crippen molar-refractivity contribution in [2.24, 2.45) is 17.3 Å². The van der Waals surface area contributed by atoms with Crippen LogP contribution in [0.1, 0.15) is 52.4 Å². The van der Waals surface area contributed by atoms with Crippen LogP contribution < -0.4 is 5.32 Å². The Kier molecular flexibility index (Phi) is 6.50. The van der Waals surface area contributed by atoms with Crippen molar-refractivity contribution in [3.63, 3.8) is 0 Å². The summed E-state index contributed by atoms with van der Waals surface area (Å²) >= 11 is 0. The van der Waals surface area contributed by atoms with E-state index in [2.05, 4.69) is 5.32 Å². The van der Waals surface area contributed by atoms with Crippen molar-refractivity contribution in [3.8, 4) is 0 Å². The van der Waals surface area contributed by atoms with Crippen LogP contribution in [-0.2, 0) is 4.79 Å². The third-order valence-corrected chi connectivity index (χ3v) is 4.28. The van der Waals surface area contributed by atoms with Gasteiger partial charge in [-0.3, -0.25) is 4.79 Å². The van der Waals surface area contributed by atoms with Crippen molar-refractivity contribution in [2.75, 3.05) is 13.2 Å². The monoisotopic (exact) mass is 309 g/mol. The van der Waals surface area contributed by atoms with Crippen LogP contribution in [-0.4, -0.2) is 30.3 Å². The molecule has 2 atom stereocenters. The Morgan fingerprint density at radius 2 is 1.86 bits per heavy atom. The lowest BCUT2D eigenvalue weighted by atomic mass is 9.78. The molecule has 0 aromatic heterocycles. The lowest BCUT2D eigenvalue weighted by Crippen LogP contribution is -2.44. The van der Waals surface area contributed by atoms with Crippen molar-refractivity contribution >= 4 is 5.91 Å². The largest absolute Gasteiger partial charge is 0.396 e. The second-order valence-corrected chi connectivity index (χ2v) is 6.75. The van der Waals surface area contributed by atoms with Gasteiger partial charge >= 0.3 is 6.18 Å². The van der Waals surface area contributed by atoms with Gasteiger partial charge in [0, 0.05) is 19.1 Å². The fourth-order valence-corrected chi connectivity index (χ4v) is 2.94. The fourth-order valence-electron chi connectivity index (χ4n) is 2.94. The van der Waals surface area contributed by atoms with Gasteiger partial charge in [0.1, 0.15) is 0 Å². The summed E-state index contributed by atoms with van der Waals surface area (Å²) in [6, 6.07) is 0. The Morgan fingerprint density at radius 1 is 1.24 bits per heavy atom. The Morgan fingerprint density at radius 3 is 2.43 bits per heavy atom. The minimum atomic E-state index is -4.30. The number of aliphatic hydroxyl groups is 1. The minimum Gasteiger partial charge on any atom is -0.396 e. The van der Waals surface area contributed by atoms with Crippen molar-refractivity contribution in [3.05, 3.63) is 0 Å². The number of carbonyl (C=O) groups is 1. The maximum Gasteiger partial charge on any atom is 0.392 e. The van der Waals surface area contributed by atoms with E-state index in [1.165, 1.54) is 0 Å². The summed E-state index contributed by atoms with van der Waals surface area (Å²) in [7, 11) is 0. The number of nitrogens with one attached hydrogen (secondary N) is 1. The molecule has 2 unspecified atom stereocenters. The molecule has 6 heteroatoms. The van der Waals surface area contributed by atoms with Gasteiger partial charge in [0.15, 0.2) is 0 Å². The van der Waals surface area contributed by atoms with Gasteiger partial charge in [-0.05, 0) is 31.1 Å². The van der Waals surface area contributed by atoms with Crippen LogP contribution >= 0.6 is 0 Å². The standard InChI is InChI=1S/C15H26F3NO2/c1-14(2,8-5-9-20)10-19-13(21)11-6-3-4-7-12(11)15(16,17)18/h11-12,20H,3-10H2,1-2H3,(H,19,21). The van der Waals surface area contributed by atoms with Crippen molar-refractivity contribution < 1.29 is 23.1 Å². The number of amides is 1. The summed E-state index contributed by atoms with van der Waals surface area (Å²) in [5.41, 5.74) is -0.221. The lowest BCUT2D eigenvalue weighted by molar-refractivity contribution is -0.198. The maximum atomic E-state index is 13.0.